The van der Waals surface area contributed by atoms with Crippen LogP contribution in [0.1, 0.15) is 0 Å². The predicted octanol–water partition coefficient (Wildman–Crippen LogP) is -1.48. The van der Waals surface area contributed by atoms with E-state index in [-0.39, 0.29) is 18.9 Å². The quantitative estimate of drug-likeness (QED) is 0.432. The van der Waals surface area contributed by atoms with Crippen molar-refractivity contribution in [3.05, 3.63) is 0 Å². The monoisotopic (exact) mass is 238 g/mol. The Bertz CT molecular complexity index is 192. The van der Waals surface area contributed by atoms with Gasteiger partial charge in [0.05, 0.1) is 0 Å². The summed E-state index contributed by atoms with van der Waals surface area (Å²) in [5.74, 6) is -6.01. The molecule has 0 radical (unpaired) electrons. The number of halogens is 8. The number of rotatable bonds is 4. The van der Waals surface area contributed by atoms with Gasteiger partial charge in [0.15, 0.2) is 6.17 Å². The topological polar surface area (TPSA) is 23.1 Å². The smallest absolute Gasteiger partial charge is 0.793 e. The van der Waals surface area contributed by atoms with Crippen LogP contribution < -0.4 is 24.0 Å². The fourth-order valence-electron chi connectivity index (χ4n) is 0.488. The summed E-state index contributed by atoms with van der Waals surface area (Å²) in [6.07, 6.45) is -19.0. The van der Waals surface area contributed by atoms with Crippen molar-refractivity contribution in [3.63, 3.8) is 0 Å². The zero-order valence-corrected chi connectivity index (χ0v) is 7.16. The SMILES string of the molecule is [Li+].[O-]C(F)(F)C(F)(F)C(F)C(F)C(F)F. The van der Waals surface area contributed by atoms with Crippen LogP contribution in [-0.4, -0.2) is 30.8 Å². The minimum absolute atomic E-state index is 0. The summed E-state index contributed by atoms with van der Waals surface area (Å²) in [7, 11) is 0. The first-order valence-electron chi connectivity index (χ1n) is 3.04. The molecule has 0 N–H and O–H groups in total. The summed E-state index contributed by atoms with van der Waals surface area (Å²) in [5, 5.41) is 9.36. The van der Waals surface area contributed by atoms with E-state index >= 15 is 0 Å². The normalized spacial score (nSPS) is 17.2. The Morgan fingerprint density at radius 1 is 0.867 bits per heavy atom. The fraction of sp³-hybridized carbons (Fsp3) is 1.00. The molecule has 0 amide bonds. The Balaban J connectivity index is 0. The third-order valence-electron chi connectivity index (χ3n) is 1.25. The van der Waals surface area contributed by atoms with E-state index in [1.54, 1.807) is 0 Å². The molecule has 0 aromatic rings. The van der Waals surface area contributed by atoms with E-state index in [2.05, 4.69) is 0 Å². The van der Waals surface area contributed by atoms with E-state index in [9.17, 15) is 40.2 Å². The molecule has 0 fully saturated rings. The van der Waals surface area contributed by atoms with Crippen molar-refractivity contribution in [1.29, 1.82) is 0 Å². The zero-order valence-electron chi connectivity index (χ0n) is 7.16. The van der Waals surface area contributed by atoms with Crippen molar-refractivity contribution in [1.82, 2.24) is 0 Å². The van der Waals surface area contributed by atoms with Crippen molar-refractivity contribution in [2.75, 3.05) is 0 Å². The molecule has 0 spiro atoms. The molecule has 0 aliphatic carbocycles. The first kappa shape index (κ1) is 17.4. The van der Waals surface area contributed by atoms with Gasteiger partial charge in [-0.25, -0.2) is 26.3 Å². The molecular weight excluding hydrogens is 235 g/mol. The maximum atomic E-state index is 12.0. The van der Waals surface area contributed by atoms with E-state index in [1.807, 2.05) is 0 Å². The van der Waals surface area contributed by atoms with Gasteiger partial charge in [-0.15, -0.1) is 0 Å². The van der Waals surface area contributed by atoms with Gasteiger partial charge in [0.1, 0.15) is 0 Å². The Morgan fingerprint density at radius 2 is 1.20 bits per heavy atom. The number of hydrogen-bond donors (Lipinski definition) is 0. The average Bonchev–Trinajstić information content (AvgIpc) is 1.99. The van der Waals surface area contributed by atoms with Gasteiger partial charge in [-0.1, -0.05) is 0 Å². The first-order valence-corrected chi connectivity index (χ1v) is 3.04. The van der Waals surface area contributed by atoms with Gasteiger partial charge in [-0.05, 0) is 0 Å². The molecule has 0 aliphatic heterocycles. The van der Waals surface area contributed by atoms with E-state index in [0.29, 0.717) is 0 Å². The minimum Gasteiger partial charge on any atom is -0.793 e. The van der Waals surface area contributed by atoms with Gasteiger partial charge < -0.3 is 5.11 Å². The van der Waals surface area contributed by atoms with Crippen molar-refractivity contribution in [3.8, 4) is 0 Å². The molecule has 10 heteroatoms. The Kier molecular flexibility index (Phi) is 6.22. The second-order valence-electron chi connectivity index (χ2n) is 2.32. The van der Waals surface area contributed by atoms with Gasteiger partial charge in [-0.2, -0.15) is 8.78 Å². The molecule has 86 valence electrons. The molecule has 1 nitrogen and oxygen atoms in total. The van der Waals surface area contributed by atoms with Crippen LogP contribution in [0.5, 0.6) is 0 Å². The van der Waals surface area contributed by atoms with Crippen LogP contribution in [0.4, 0.5) is 35.1 Å². The molecule has 0 aromatic carbocycles. The van der Waals surface area contributed by atoms with Crippen LogP contribution in [0.25, 0.3) is 0 Å². The molecule has 2 atom stereocenters. The van der Waals surface area contributed by atoms with Crippen LogP contribution in [-0.2, 0) is 0 Å². The molecular formula is C5H3F8LiO. The summed E-state index contributed by atoms with van der Waals surface area (Å²) in [6, 6.07) is 0. The maximum Gasteiger partial charge on any atom is 1.00 e. The van der Waals surface area contributed by atoms with E-state index in [4.69, 9.17) is 0 Å². The van der Waals surface area contributed by atoms with Crippen LogP contribution in [0.3, 0.4) is 0 Å². The molecule has 2 unspecified atom stereocenters. The number of hydrogen-bond acceptors (Lipinski definition) is 1. The molecule has 0 saturated carbocycles. The first-order chi connectivity index (χ1) is 6.01. The molecule has 15 heavy (non-hydrogen) atoms. The van der Waals surface area contributed by atoms with E-state index in [1.165, 1.54) is 0 Å². The molecule has 0 heterocycles. The third-order valence-corrected chi connectivity index (χ3v) is 1.25. The van der Waals surface area contributed by atoms with Crippen molar-refractivity contribution in [2.24, 2.45) is 0 Å². The molecule has 0 rings (SSSR count). The van der Waals surface area contributed by atoms with Crippen molar-refractivity contribution >= 4 is 0 Å². The van der Waals surface area contributed by atoms with Crippen LogP contribution in [0, 0.1) is 0 Å². The summed E-state index contributed by atoms with van der Waals surface area (Å²) < 4.78 is 93.2. The summed E-state index contributed by atoms with van der Waals surface area (Å²) in [5.41, 5.74) is 0. The van der Waals surface area contributed by atoms with Crippen LogP contribution in [0.15, 0.2) is 0 Å². The second kappa shape index (κ2) is 5.36. The van der Waals surface area contributed by atoms with E-state index in [0.717, 1.165) is 0 Å². The van der Waals surface area contributed by atoms with Crippen LogP contribution >= 0.6 is 0 Å². The second-order valence-corrected chi connectivity index (χ2v) is 2.32. The summed E-state index contributed by atoms with van der Waals surface area (Å²) in [4.78, 5) is 0. The Morgan fingerprint density at radius 3 is 1.40 bits per heavy atom. The minimum atomic E-state index is -6.15. The molecule has 0 bridgehead atoms. The third kappa shape index (κ3) is 3.81. The maximum absolute atomic E-state index is 12.0. The molecule has 0 aromatic heterocycles. The van der Waals surface area contributed by atoms with Gasteiger partial charge in [0.25, 0.3) is 12.5 Å². The zero-order chi connectivity index (χ0) is 11.7. The van der Waals surface area contributed by atoms with Gasteiger partial charge >= 0.3 is 24.8 Å². The average molecular weight is 238 g/mol. The largest absolute Gasteiger partial charge is 1.00 e. The number of alkyl halides is 8. The summed E-state index contributed by atoms with van der Waals surface area (Å²) in [6.45, 7) is 0. The molecule has 0 aliphatic rings. The fourth-order valence-corrected chi connectivity index (χ4v) is 0.488. The Labute approximate surface area is 90.6 Å². The molecule has 0 saturated heterocycles. The standard InChI is InChI=1S/C5H3F8O.Li/c6-1(3(8)9)2(7)4(10,11)5(12,13)14;/h1-3H;/q-1;+1. The van der Waals surface area contributed by atoms with Crippen molar-refractivity contribution < 1.29 is 59.1 Å². The Hall–Kier alpha value is -0.00260. The van der Waals surface area contributed by atoms with Crippen molar-refractivity contribution in [2.45, 2.75) is 30.8 Å². The van der Waals surface area contributed by atoms with Gasteiger partial charge in [0, 0.05) is 0 Å². The van der Waals surface area contributed by atoms with Gasteiger partial charge in [0.2, 0.25) is 6.17 Å². The van der Waals surface area contributed by atoms with Crippen LogP contribution in [0.2, 0.25) is 0 Å². The predicted molar refractivity (Wildman–Crippen MR) is 25.7 cm³/mol. The van der Waals surface area contributed by atoms with Gasteiger partial charge in [-0.3, -0.25) is 0 Å². The van der Waals surface area contributed by atoms with E-state index < -0.39 is 30.8 Å². The summed E-state index contributed by atoms with van der Waals surface area (Å²) >= 11 is 0.